The maximum absolute atomic E-state index is 12.3. The van der Waals surface area contributed by atoms with Crippen molar-refractivity contribution in [1.82, 2.24) is 9.80 Å². The van der Waals surface area contributed by atoms with E-state index in [2.05, 4.69) is 54.2 Å². The van der Waals surface area contributed by atoms with E-state index in [9.17, 15) is 4.79 Å². The van der Waals surface area contributed by atoms with E-state index < -0.39 is 0 Å². The molecule has 1 aliphatic carbocycles. The molecular weight excluding hydrogens is 284 g/mol. The average molecular weight is 314 g/mol. The Hall–Kier alpha value is -1.19. The fourth-order valence-corrected chi connectivity index (χ4v) is 4.57. The molecule has 0 amide bonds. The van der Waals surface area contributed by atoms with Crippen molar-refractivity contribution in [2.24, 2.45) is 5.92 Å². The maximum atomic E-state index is 12.3. The lowest BCUT2D eigenvalue weighted by molar-refractivity contribution is -0.129. The zero-order chi connectivity index (χ0) is 16.3. The van der Waals surface area contributed by atoms with Crippen molar-refractivity contribution in [3.05, 3.63) is 35.9 Å². The minimum absolute atomic E-state index is 0.158. The molecule has 2 fully saturated rings. The highest BCUT2D eigenvalue weighted by Gasteiger charge is 2.42. The Bertz CT molecular complexity index is 520. The Morgan fingerprint density at radius 2 is 1.83 bits per heavy atom. The van der Waals surface area contributed by atoms with Crippen molar-refractivity contribution < 1.29 is 4.79 Å². The standard InChI is InChI=1S/C20H30N2O/c1-21(2)15-17-16-22(14-11-19(17)23)20(12-7-4-8-13-20)18-9-5-3-6-10-18/h3,5-6,9-10,17H,4,7-8,11-16H2,1-2H3. The molecule has 0 spiro atoms. The van der Waals surface area contributed by atoms with Crippen LogP contribution in [0.3, 0.4) is 0 Å². The van der Waals surface area contributed by atoms with E-state index >= 15 is 0 Å². The van der Waals surface area contributed by atoms with Crippen molar-refractivity contribution in [3.8, 4) is 0 Å². The van der Waals surface area contributed by atoms with Crippen molar-refractivity contribution in [3.63, 3.8) is 0 Å². The van der Waals surface area contributed by atoms with E-state index in [1.165, 1.54) is 37.7 Å². The van der Waals surface area contributed by atoms with Gasteiger partial charge < -0.3 is 4.90 Å². The van der Waals surface area contributed by atoms with Crippen LogP contribution in [-0.4, -0.2) is 49.3 Å². The summed E-state index contributed by atoms with van der Waals surface area (Å²) in [5.74, 6) is 0.621. The first-order chi connectivity index (χ1) is 11.1. The minimum atomic E-state index is 0.158. The average Bonchev–Trinajstić information content (AvgIpc) is 2.58. The summed E-state index contributed by atoms with van der Waals surface area (Å²) in [5, 5.41) is 0. The fourth-order valence-electron chi connectivity index (χ4n) is 4.57. The molecule has 2 aliphatic rings. The summed E-state index contributed by atoms with van der Waals surface area (Å²) in [6, 6.07) is 11.0. The van der Waals surface area contributed by atoms with Gasteiger partial charge in [-0.1, -0.05) is 49.6 Å². The first-order valence-corrected chi connectivity index (χ1v) is 9.10. The van der Waals surface area contributed by atoms with Gasteiger partial charge in [0.25, 0.3) is 0 Å². The van der Waals surface area contributed by atoms with Gasteiger partial charge in [0.05, 0.1) is 0 Å². The summed E-state index contributed by atoms with van der Waals surface area (Å²) in [6.45, 7) is 2.73. The van der Waals surface area contributed by atoms with E-state index in [1.807, 2.05) is 0 Å². The zero-order valence-corrected chi connectivity index (χ0v) is 14.6. The van der Waals surface area contributed by atoms with Gasteiger partial charge in [-0.05, 0) is 32.5 Å². The number of ketones is 1. The van der Waals surface area contributed by atoms with Crippen LogP contribution in [0, 0.1) is 5.92 Å². The molecule has 1 saturated heterocycles. The van der Waals surface area contributed by atoms with Gasteiger partial charge in [0.2, 0.25) is 0 Å². The largest absolute Gasteiger partial charge is 0.309 e. The van der Waals surface area contributed by atoms with Gasteiger partial charge in [-0.15, -0.1) is 0 Å². The van der Waals surface area contributed by atoms with Crippen molar-refractivity contribution >= 4 is 5.78 Å². The number of nitrogens with zero attached hydrogens (tertiary/aromatic N) is 2. The number of hydrogen-bond acceptors (Lipinski definition) is 3. The molecule has 0 aromatic heterocycles. The van der Waals surface area contributed by atoms with Gasteiger partial charge in [-0.25, -0.2) is 0 Å². The second kappa shape index (κ2) is 7.14. The van der Waals surface area contributed by atoms with E-state index in [0.29, 0.717) is 12.2 Å². The number of hydrogen-bond donors (Lipinski definition) is 0. The van der Waals surface area contributed by atoms with E-state index in [1.54, 1.807) is 0 Å². The summed E-state index contributed by atoms with van der Waals surface area (Å²) in [6.07, 6.45) is 7.14. The molecule has 1 aliphatic heterocycles. The van der Waals surface area contributed by atoms with Gasteiger partial charge in [0, 0.05) is 37.5 Å². The molecule has 1 aromatic carbocycles. The van der Waals surface area contributed by atoms with Crippen LogP contribution in [0.2, 0.25) is 0 Å². The fraction of sp³-hybridized carbons (Fsp3) is 0.650. The molecule has 3 nitrogen and oxygen atoms in total. The topological polar surface area (TPSA) is 23.6 Å². The predicted molar refractivity (Wildman–Crippen MR) is 94.4 cm³/mol. The zero-order valence-electron chi connectivity index (χ0n) is 14.6. The van der Waals surface area contributed by atoms with Crippen LogP contribution in [-0.2, 0) is 10.3 Å². The summed E-state index contributed by atoms with van der Waals surface area (Å²) in [5.41, 5.74) is 1.61. The number of piperidine rings is 1. The third kappa shape index (κ3) is 3.51. The van der Waals surface area contributed by atoms with Crippen LogP contribution in [0.15, 0.2) is 30.3 Å². The number of benzene rings is 1. The summed E-state index contributed by atoms with van der Waals surface area (Å²) < 4.78 is 0. The van der Waals surface area contributed by atoms with Crippen LogP contribution in [0.1, 0.15) is 44.1 Å². The molecule has 1 saturated carbocycles. The highest BCUT2D eigenvalue weighted by atomic mass is 16.1. The van der Waals surface area contributed by atoms with Crippen LogP contribution in [0.25, 0.3) is 0 Å². The quantitative estimate of drug-likeness (QED) is 0.852. The van der Waals surface area contributed by atoms with E-state index in [4.69, 9.17) is 0 Å². The Morgan fingerprint density at radius 3 is 2.48 bits per heavy atom. The first kappa shape index (κ1) is 16.7. The molecule has 1 aromatic rings. The van der Waals surface area contributed by atoms with Crippen molar-refractivity contribution in [1.29, 1.82) is 0 Å². The van der Waals surface area contributed by atoms with Crippen LogP contribution in [0.4, 0.5) is 0 Å². The SMILES string of the molecule is CN(C)CC1CN(C2(c3ccccc3)CCCCC2)CCC1=O. The van der Waals surface area contributed by atoms with Gasteiger partial charge in [-0.3, -0.25) is 9.69 Å². The highest BCUT2D eigenvalue weighted by Crippen LogP contribution is 2.43. The Morgan fingerprint density at radius 1 is 1.13 bits per heavy atom. The molecule has 3 heteroatoms. The lowest BCUT2D eigenvalue weighted by Gasteiger charge is -2.50. The van der Waals surface area contributed by atoms with Gasteiger partial charge in [0.1, 0.15) is 5.78 Å². The lowest BCUT2D eigenvalue weighted by atomic mass is 9.74. The minimum Gasteiger partial charge on any atom is -0.309 e. The Balaban J connectivity index is 1.86. The second-order valence-electron chi connectivity index (χ2n) is 7.58. The number of carbonyl (C=O) groups excluding carboxylic acids is 1. The molecule has 0 bridgehead atoms. The summed E-state index contributed by atoms with van der Waals surface area (Å²) in [4.78, 5) is 17.2. The predicted octanol–water partition coefficient (Wildman–Crippen LogP) is 3.30. The molecule has 3 rings (SSSR count). The second-order valence-corrected chi connectivity index (χ2v) is 7.58. The van der Waals surface area contributed by atoms with Gasteiger partial charge in [0.15, 0.2) is 0 Å². The number of Topliss-reactive ketones (excluding diaryl/α,β-unsaturated/α-hetero) is 1. The van der Waals surface area contributed by atoms with Crippen molar-refractivity contribution in [2.45, 2.75) is 44.1 Å². The number of likely N-dealkylation sites (tertiary alicyclic amines) is 1. The maximum Gasteiger partial charge on any atom is 0.139 e. The third-order valence-corrected chi connectivity index (χ3v) is 5.71. The van der Waals surface area contributed by atoms with E-state index in [0.717, 1.165) is 19.6 Å². The van der Waals surface area contributed by atoms with Gasteiger partial charge >= 0.3 is 0 Å². The molecule has 0 radical (unpaired) electrons. The smallest absolute Gasteiger partial charge is 0.139 e. The van der Waals surface area contributed by atoms with Crippen LogP contribution >= 0.6 is 0 Å². The third-order valence-electron chi connectivity index (χ3n) is 5.71. The van der Waals surface area contributed by atoms with Crippen LogP contribution in [0.5, 0.6) is 0 Å². The summed E-state index contributed by atoms with van der Waals surface area (Å²) in [7, 11) is 4.14. The normalized spacial score (nSPS) is 25.7. The van der Waals surface area contributed by atoms with Gasteiger partial charge in [-0.2, -0.15) is 0 Å². The molecule has 23 heavy (non-hydrogen) atoms. The Kier molecular flexibility index (Phi) is 5.17. The van der Waals surface area contributed by atoms with Crippen molar-refractivity contribution in [2.75, 3.05) is 33.7 Å². The molecule has 126 valence electrons. The molecule has 0 N–H and O–H groups in total. The molecule has 1 unspecified atom stereocenters. The first-order valence-electron chi connectivity index (χ1n) is 9.10. The molecule has 1 atom stereocenters. The number of carbonyl (C=O) groups is 1. The van der Waals surface area contributed by atoms with E-state index in [-0.39, 0.29) is 11.5 Å². The number of rotatable bonds is 4. The summed E-state index contributed by atoms with van der Waals surface area (Å²) >= 11 is 0. The molecule has 1 heterocycles. The lowest BCUT2D eigenvalue weighted by Crippen LogP contribution is -2.55. The highest BCUT2D eigenvalue weighted by molar-refractivity contribution is 5.82. The van der Waals surface area contributed by atoms with Crippen LogP contribution < -0.4 is 0 Å². The monoisotopic (exact) mass is 314 g/mol. The Labute approximate surface area is 140 Å². The molecular formula is C20H30N2O.